The molecule has 0 fully saturated rings. The van der Waals surface area contributed by atoms with Crippen molar-refractivity contribution >= 4 is 11.6 Å². The van der Waals surface area contributed by atoms with Crippen LogP contribution < -0.4 is 0 Å². The van der Waals surface area contributed by atoms with Crippen LogP contribution in [0.3, 0.4) is 0 Å². The number of aliphatic hydroxyl groups excluding tert-OH is 1. The first-order valence-corrected chi connectivity index (χ1v) is 2.17. The van der Waals surface area contributed by atoms with Crippen molar-refractivity contribution in [2.75, 3.05) is 6.61 Å². The van der Waals surface area contributed by atoms with E-state index in [1.165, 1.54) is 0 Å². The summed E-state index contributed by atoms with van der Waals surface area (Å²) in [6.45, 7) is 0.799. The van der Waals surface area contributed by atoms with Crippen molar-refractivity contribution < 1.29 is 14.7 Å². The van der Waals surface area contributed by atoms with Gasteiger partial charge in [0.2, 0.25) is 5.78 Å². The molecule has 8 heavy (non-hydrogen) atoms. The molecule has 0 bridgehead atoms. The quantitative estimate of drug-likeness (QED) is 0.497. The van der Waals surface area contributed by atoms with Crippen LogP contribution in [0.15, 0.2) is 0 Å². The van der Waals surface area contributed by atoms with E-state index in [0.29, 0.717) is 0 Å². The van der Waals surface area contributed by atoms with Gasteiger partial charge < -0.3 is 5.11 Å². The lowest BCUT2D eigenvalue weighted by atomic mass is 10.2. The van der Waals surface area contributed by atoms with Crippen molar-refractivity contribution in [3.8, 4) is 0 Å². The Labute approximate surface area is 47.3 Å². The zero-order valence-corrected chi connectivity index (χ0v) is 4.55. The molecule has 0 aliphatic carbocycles. The fraction of sp³-hybridized carbons (Fsp3) is 0.400. The zero-order chi connectivity index (χ0) is 6.57. The molecule has 1 N–H and O–H groups in total. The molecule has 0 saturated heterocycles. The summed E-state index contributed by atoms with van der Waals surface area (Å²) in [4.78, 5) is 20.2. The molecule has 1 radical (unpaired) electrons. The Bertz CT molecular complexity index is 106. The maximum absolute atomic E-state index is 10.2. The number of carbonyl (C=O) groups is 2. The second kappa shape index (κ2) is 3.32. The van der Waals surface area contributed by atoms with Crippen molar-refractivity contribution in [1.29, 1.82) is 0 Å². The molecule has 3 heteroatoms. The van der Waals surface area contributed by atoms with E-state index in [4.69, 9.17) is 5.11 Å². The summed E-state index contributed by atoms with van der Waals surface area (Å²) < 4.78 is 0. The van der Waals surface area contributed by atoms with Crippen LogP contribution in [0.2, 0.25) is 0 Å². The lowest BCUT2D eigenvalue weighted by Crippen LogP contribution is -2.11. The highest BCUT2D eigenvalue weighted by Crippen LogP contribution is 1.79. The number of ketones is 2. The molecule has 0 aromatic carbocycles. The number of rotatable bonds is 3. The van der Waals surface area contributed by atoms with E-state index in [0.717, 1.165) is 13.3 Å². The van der Waals surface area contributed by atoms with Crippen molar-refractivity contribution in [1.82, 2.24) is 0 Å². The summed E-state index contributed by atoms with van der Waals surface area (Å²) in [6, 6.07) is 0. The lowest BCUT2D eigenvalue weighted by Gasteiger charge is -1.86. The largest absolute Gasteiger partial charge is 0.396 e. The number of carbonyl (C=O) groups excluding carboxylic acids is 2. The van der Waals surface area contributed by atoms with Gasteiger partial charge in [-0.2, -0.15) is 0 Å². The van der Waals surface area contributed by atoms with E-state index in [1.54, 1.807) is 0 Å². The smallest absolute Gasteiger partial charge is 0.204 e. The number of hydrogen-bond donors (Lipinski definition) is 1. The van der Waals surface area contributed by atoms with Crippen molar-refractivity contribution in [3.05, 3.63) is 6.42 Å². The molecular formula is C5H7O3. The predicted octanol–water partition coefficient (Wildman–Crippen LogP) is -0.659. The predicted molar refractivity (Wildman–Crippen MR) is 27.1 cm³/mol. The first-order chi connectivity index (χ1) is 3.68. The van der Waals surface area contributed by atoms with Crippen LogP contribution in [0.25, 0.3) is 0 Å². The summed E-state index contributed by atoms with van der Waals surface area (Å²) >= 11 is 0. The second-order valence-corrected chi connectivity index (χ2v) is 1.31. The first kappa shape index (κ1) is 7.30. The van der Waals surface area contributed by atoms with Gasteiger partial charge in [-0.3, -0.25) is 9.59 Å². The Morgan fingerprint density at radius 1 is 1.62 bits per heavy atom. The Balaban J connectivity index is 3.49. The highest BCUT2D eigenvalue weighted by Gasteiger charge is 2.04. The zero-order valence-electron chi connectivity index (χ0n) is 4.55. The highest BCUT2D eigenvalue weighted by molar-refractivity contribution is 6.39. The van der Waals surface area contributed by atoms with Gasteiger partial charge in [0.05, 0.1) is 13.0 Å². The SMILES string of the molecule is CC(=O)C(=O)[CH]CO. The summed E-state index contributed by atoms with van der Waals surface area (Å²) in [7, 11) is 0. The maximum Gasteiger partial charge on any atom is 0.204 e. The molecule has 0 rings (SSSR count). The summed E-state index contributed by atoms with van der Waals surface area (Å²) in [5.41, 5.74) is 0. The molecule has 0 unspecified atom stereocenters. The number of aliphatic hydroxyl groups is 1. The normalized spacial score (nSPS) is 8.75. The minimum absolute atomic E-state index is 0.363. The van der Waals surface area contributed by atoms with Crippen LogP contribution in [0, 0.1) is 6.42 Å². The Morgan fingerprint density at radius 3 is 2.25 bits per heavy atom. The maximum atomic E-state index is 10.2. The van der Waals surface area contributed by atoms with Crippen molar-refractivity contribution in [2.45, 2.75) is 6.92 Å². The van der Waals surface area contributed by atoms with Gasteiger partial charge >= 0.3 is 0 Å². The Kier molecular flexibility index (Phi) is 3.03. The summed E-state index contributed by atoms with van der Waals surface area (Å²) in [5, 5.41) is 8.06. The molecule has 0 aliphatic heterocycles. The molecule has 0 saturated carbocycles. The molecule has 0 aromatic rings. The van der Waals surface area contributed by atoms with E-state index >= 15 is 0 Å². The van der Waals surface area contributed by atoms with E-state index in [-0.39, 0.29) is 6.61 Å². The molecule has 0 spiro atoms. The van der Waals surface area contributed by atoms with Gasteiger partial charge in [-0.15, -0.1) is 0 Å². The molecule has 3 nitrogen and oxygen atoms in total. The monoisotopic (exact) mass is 115 g/mol. The third kappa shape index (κ3) is 2.47. The molecule has 0 heterocycles. The van der Waals surface area contributed by atoms with E-state index in [1.807, 2.05) is 0 Å². The fourth-order valence-corrected chi connectivity index (χ4v) is 0.227. The van der Waals surface area contributed by atoms with Gasteiger partial charge in [0.15, 0.2) is 5.78 Å². The average Bonchev–Trinajstić information content (AvgIpc) is 1.67. The summed E-state index contributed by atoms with van der Waals surface area (Å²) in [6.07, 6.45) is 0.933. The van der Waals surface area contributed by atoms with Gasteiger partial charge in [0, 0.05) is 6.92 Å². The van der Waals surface area contributed by atoms with E-state index in [2.05, 4.69) is 0 Å². The van der Waals surface area contributed by atoms with Gasteiger partial charge in [-0.25, -0.2) is 0 Å². The Morgan fingerprint density at radius 2 is 2.12 bits per heavy atom. The van der Waals surface area contributed by atoms with Crippen molar-refractivity contribution in [2.24, 2.45) is 0 Å². The lowest BCUT2D eigenvalue weighted by molar-refractivity contribution is -0.133. The van der Waals surface area contributed by atoms with Gasteiger partial charge in [0.25, 0.3) is 0 Å². The molecule has 45 valence electrons. The Hall–Kier alpha value is -0.700. The van der Waals surface area contributed by atoms with Crippen LogP contribution in [-0.4, -0.2) is 23.3 Å². The van der Waals surface area contributed by atoms with Gasteiger partial charge in [-0.05, 0) is 0 Å². The molecule has 0 aliphatic rings. The topological polar surface area (TPSA) is 54.4 Å². The molecule has 0 aromatic heterocycles. The molecule has 0 atom stereocenters. The van der Waals surface area contributed by atoms with Crippen LogP contribution in [-0.2, 0) is 9.59 Å². The third-order valence-corrected chi connectivity index (χ3v) is 0.624. The minimum Gasteiger partial charge on any atom is -0.396 e. The van der Waals surface area contributed by atoms with Crippen LogP contribution >= 0.6 is 0 Å². The van der Waals surface area contributed by atoms with E-state index < -0.39 is 11.6 Å². The van der Waals surface area contributed by atoms with Crippen LogP contribution in [0.1, 0.15) is 6.92 Å². The van der Waals surface area contributed by atoms with Crippen LogP contribution in [0.4, 0.5) is 0 Å². The number of Topliss-reactive ketones (excluding diaryl/α,β-unsaturated/α-hetero) is 2. The average molecular weight is 115 g/mol. The fourth-order valence-electron chi connectivity index (χ4n) is 0.227. The van der Waals surface area contributed by atoms with Gasteiger partial charge in [-0.1, -0.05) is 0 Å². The van der Waals surface area contributed by atoms with E-state index in [9.17, 15) is 9.59 Å². The standard InChI is InChI=1S/C5H7O3/c1-4(7)5(8)2-3-6/h2,6H,3H2,1H3. The summed E-state index contributed by atoms with van der Waals surface area (Å²) in [5.74, 6) is -1.17. The van der Waals surface area contributed by atoms with Crippen LogP contribution in [0.5, 0.6) is 0 Å². The molecular weight excluding hydrogens is 108 g/mol. The minimum atomic E-state index is -0.632. The third-order valence-electron chi connectivity index (χ3n) is 0.624. The second-order valence-electron chi connectivity index (χ2n) is 1.31. The van der Waals surface area contributed by atoms with Crippen molar-refractivity contribution in [3.63, 3.8) is 0 Å². The first-order valence-electron chi connectivity index (χ1n) is 2.17. The number of hydrogen-bond acceptors (Lipinski definition) is 3. The highest BCUT2D eigenvalue weighted by atomic mass is 16.3. The van der Waals surface area contributed by atoms with Gasteiger partial charge in [0.1, 0.15) is 0 Å². The molecule has 0 amide bonds.